The predicted molar refractivity (Wildman–Crippen MR) is 119 cm³/mol. The van der Waals surface area contributed by atoms with Crippen molar-refractivity contribution >= 4 is 28.9 Å². The van der Waals surface area contributed by atoms with E-state index in [-0.39, 0.29) is 5.91 Å². The van der Waals surface area contributed by atoms with E-state index in [0.29, 0.717) is 11.5 Å². The fraction of sp³-hybridized carbons (Fsp3) is 0.261. The van der Waals surface area contributed by atoms with Crippen molar-refractivity contribution in [2.24, 2.45) is 0 Å². The van der Waals surface area contributed by atoms with E-state index in [1.54, 1.807) is 0 Å². The molecule has 3 aromatic rings. The Morgan fingerprint density at radius 2 is 1.45 bits per heavy atom. The molecular formula is C23H27N5O. The molecular weight excluding hydrogens is 362 g/mol. The number of anilines is 4. The first-order chi connectivity index (χ1) is 14.1. The largest absolute Gasteiger partial charge is 0.372 e. The molecule has 3 rings (SSSR count). The highest BCUT2D eigenvalue weighted by molar-refractivity contribution is 6.04. The van der Waals surface area contributed by atoms with Crippen molar-refractivity contribution in [3.8, 4) is 0 Å². The van der Waals surface area contributed by atoms with Gasteiger partial charge in [-0.05, 0) is 62.2 Å². The first-order valence-electron chi connectivity index (χ1n) is 9.97. The van der Waals surface area contributed by atoms with Gasteiger partial charge in [0.25, 0.3) is 5.91 Å². The molecule has 0 atom stereocenters. The van der Waals surface area contributed by atoms with Gasteiger partial charge in [-0.3, -0.25) is 4.79 Å². The van der Waals surface area contributed by atoms with E-state index >= 15 is 0 Å². The lowest BCUT2D eigenvalue weighted by Crippen LogP contribution is -2.21. The summed E-state index contributed by atoms with van der Waals surface area (Å²) < 4.78 is 0. The molecule has 150 valence electrons. The van der Waals surface area contributed by atoms with E-state index in [1.807, 2.05) is 36.4 Å². The minimum absolute atomic E-state index is 0.237. The van der Waals surface area contributed by atoms with Crippen LogP contribution in [0.3, 0.4) is 0 Å². The van der Waals surface area contributed by atoms with E-state index in [4.69, 9.17) is 0 Å². The van der Waals surface area contributed by atoms with Crippen molar-refractivity contribution in [3.63, 3.8) is 0 Å². The number of carbonyl (C=O) groups is 1. The highest BCUT2D eigenvalue weighted by Gasteiger charge is 2.09. The number of nitrogens with one attached hydrogen (secondary N) is 2. The van der Waals surface area contributed by atoms with E-state index < -0.39 is 0 Å². The number of aromatic nitrogens is 2. The smallest absolute Gasteiger partial charge is 0.258 e. The van der Waals surface area contributed by atoms with Crippen LogP contribution in [0.25, 0.3) is 0 Å². The Bertz CT molecular complexity index is 917. The van der Waals surface area contributed by atoms with Crippen molar-refractivity contribution in [3.05, 3.63) is 72.1 Å². The van der Waals surface area contributed by atoms with Crippen LogP contribution in [0.1, 0.15) is 36.7 Å². The molecule has 29 heavy (non-hydrogen) atoms. The lowest BCUT2D eigenvalue weighted by atomic mass is 10.1. The van der Waals surface area contributed by atoms with Crippen LogP contribution in [-0.2, 0) is 6.42 Å². The minimum Gasteiger partial charge on any atom is -0.372 e. The molecule has 0 fully saturated rings. The quantitative estimate of drug-likeness (QED) is 0.574. The van der Waals surface area contributed by atoms with Crippen LogP contribution in [0.4, 0.5) is 23.0 Å². The molecule has 0 saturated carbocycles. The summed E-state index contributed by atoms with van der Waals surface area (Å²) in [6, 6.07) is 15.9. The van der Waals surface area contributed by atoms with Crippen molar-refractivity contribution in [2.75, 3.05) is 28.6 Å². The van der Waals surface area contributed by atoms with Crippen LogP contribution >= 0.6 is 0 Å². The number of hydrogen-bond donors (Lipinski definition) is 2. The SMILES string of the molecule is CCc1ccc(Nc2ncc(C(=O)Nc3ccc(N(CC)CC)cc3)cn2)cc1. The number of amides is 1. The number of nitrogens with zero attached hydrogens (tertiary/aromatic N) is 3. The summed E-state index contributed by atoms with van der Waals surface area (Å²) >= 11 is 0. The molecule has 0 aliphatic carbocycles. The predicted octanol–water partition coefficient (Wildman–Crippen LogP) is 4.88. The average Bonchev–Trinajstić information content (AvgIpc) is 2.77. The summed E-state index contributed by atoms with van der Waals surface area (Å²) in [7, 11) is 0. The number of benzene rings is 2. The zero-order valence-electron chi connectivity index (χ0n) is 17.1. The van der Waals surface area contributed by atoms with Crippen molar-refractivity contribution < 1.29 is 4.79 Å². The van der Waals surface area contributed by atoms with E-state index in [2.05, 4.69) is 58.4 Å². The molecule has 0 bridgehead atoms. The lowest BCUT2D eigenvalue weighted by molar-refractivity contribution is 0.102. The summed E-state index contributed by atoms with van der Waals surface area (Å²) in [5.41, 5.74) is 4.47. The lowest BCUT2D eigenvalue weighted by Gasteiger charge is -2.21. The van der Waals surface area contributed by atoms with Gasteiger partial charge in [-0.25, -0.2) is 9.97 Å². The Hall–Kier alpha value is -3.41. The first kappa shape index (κ1) is 20.3. The number of hydrogen-bond acceptors (Lipinski definition) is 5. The Labute approximate surface area is 172 Å². The number of aryl methyl sites for hydroxylation is 1. The molecule has 2 N–H and O–H groups in total. The summed E-state index contributed by atoms with van der Waals surface area (Å²) in [6.07, 6.45) is 4.05. The second-order valence-electron chi connectivity index (χ2n) is 6.64. The van der Waals surface area contributed by atoms with Gasteiger partial charge in [0.2, 0.25) is 5.95 Å². The zero-order valence-corrected chi connectivity index (χ0v) is 17.1. The van der Waals surface area contributed by atoms with Crippen molar-refractivity contribution in [1.82, 2.24) is 9.97 Å². The van der Waals surface area contributed by atoms with Gasteiger partial charge in [-0.1, -0.05) is 19.1 Å². The second-order valence-corrected chi connectivity index (χ2v) is 6.64. The molecule has 1 heterocycles. The summed E-state index contributed by atoms with van der Waals surface area (Å²) in [5, 5.41) is 6.02. The molecule has 0 unspecified atom stereocenters. The van der Waals surface area contributed by atoms with E-state index in [0.717, 1.165) is 36.6 Å². The van der Waals surface area contributed by atoms with Gasteiger partial charge < -0.3 is 15.5 Å². The fourth-order valence-electron chi connectivity index (χ4n) is 3.01. The van der Waals surface area contributed by atoms with Crippen LogP contribution in [0.15, 0.2) is 60.9 Å². The molecule has 0 spiro atoms. The van der Waals surface area contributed by atoms with Crippen LogP contribution in [0, 0.1) is 0 Å². The van der Waals surface area contributed by atoms with Crippen LogP contribution in [0.2, 0.25) is 0 Å². The van der Waals surface area contributed by atoms with Crippen LogP contribution in [0.5, 0.6) is 0 Å². The maximum atomic E-state index is 12.5. The molecule has 1 aromatic heterocycles. The topological polar surface area (TPSA) is 70.2 Å². The fourth-order valence-corrected chi connectivity index (χ4v) is 3.01. The monoisotopic (exact) mass is 389 g/mol. The Balaban J connectivity index is 1.61. The van der Waals surface area contributed by atoms with Crippen molar-refractivity contribution in [2.45, 2.75) is 27.2 Å². The minimum atomic E-state index is -0.237. The zero-order chi connectivity index (χ0) is 20.6. The Morgan fingerprint density at radius 1 is 0.862 bits per heavy atom. The van der Waals surface area contributed by atoms with Gasteiger partial charge in [0.05, 0.1) is 5.56 Å². The number of rotatable bonds is 8. The second kappa shape index (κ2) is 9.68. The van der Waals surface area contributed by atoms with Gasteiger partial charge in [0, 0.05) is 42.5 Å². The van der Waals surface area contributed by atoms with Gasteiger partial charge in [-0.2, -0.15) is 0 Å². The van der Waals surface area contributed by atoms with Crippen molar-refractivity contribution in [1.29, 1.82) is 0 Å². The third-order valence-corrected chi connectivity index (χ3v) is 4.79. The maximum Gasteiger partial charge on any atom is 0.258 e. The molecule has 0 saturated heterocycles. The molecule has 6 nitrogen and oxygen atoms in total. The first-order valence-corrected chi connectivity index (χ1v) is 9.97. The van der Waals surface area contributed by atoms with Gasteiger partial charge in [0.1, 0.15) is 0 Å². The van der Waals surface area contributed by atoms with Crippen LogP contribution < -0.4 is 15.5 Å². The normalized spacial score (nSPS) is 10.4. The molecule has 1 amide bonds. The molecule has 0 radical (unpaired) electrons. The third kappa shape index (κ3) is 5.31. The molecule has 2 aromatic carbocycles. The Kier molecular flexibility index (Phi) is 6.79. The van der Waals surface area contributed by atoms with E-state index in [9.17, 15) is 4.79 Å². The average molecular weight is 390 g/mol. The summed E-state index contributed by atoms with van der Waals surface area (Å²) in [6.45, 7) is 8.26. The standard InChI is InChI=1S/C23H27N5O/c1-4-17-7-9-20(10-8-17)27-23-24-15-18(16-25-23)22(29)26-19-11-13-21(14-12-19)28(5-2)6-3/h7-16H,4-6H2,1-3H3,(H,26,29)(H,24,25,27). The summed E-state index contributed by atoms with van der Waals surface area (Å²) in [5.74, 6) is 0.216. The highest BCUT2D eigenvalue weighted by atomic mass is 16.1. The highest BCUT2D eigenvalue weighted by Crippen LogP contribution is 2.19. The van der Waals surface area contributed by atoms with Gasteiger partial charge in [-0.15, -0.1) is 0 Å². The van der Waals surface area contributed by atoms with Gasteiger partial charge in [0.15, 0.2) is 0 Å². The number of carbonyl (C=O) groups excluding carboxylic acids is 1. The van der Waals surface area contributed by atoms with Crippen LogP contribution in [-0.4, -0.2) is 29.0 Å². The summed E-state index contributed by atoms with van der Waals surface area (Å²) in [4.78, 5) is 23.2. The molecule has 0 aliphatic rings. The Morgan fingerprint density at radius 3 is 2.00 bits per heavy atom. The van der Waals surface area contributed by atoms with Gasteiger partial charge >= 0.3 is 0 Å². The van der Waals surface area contributed by atoms with E-state index in [1.165, 1.54) is 18.0 Å². The molecule has 0 aliphatic heterocycles. The third-order valence-electron chi connectivity index (χ3n) is 4.79. The maximum absolute atomic E-state index is 12.5. The molecule has 6 heteroatoms.